The van der Waals surface area contributed by atoms with Crippen LogP contribution in [0, 0.1) is 18.3 Å². The number of hydrogen-bond donors (Lipinski definition) is 1. The van der Waals surface area contributed by atoms with Gasteiger partial charge in [-0.05, 0) is 99.3 Å². The molecule has 1 fully saturated rings. The Balaban J connectivity index is 0.000000337. The summed E-state index contributed by atoms with van der Waals surface area (Å²) in [6, 6.07) is 11.1. The van der Waals surface area contributed by atoms with Gasteiger partial charge in [-0.2, -0.15) is 14.0 Å². The highest BCUT2D eigenvalue weighted by Crippen LogP contribution is 2.41. The standard InChI is InChI=1S/C20H21F2N3O2.C10H8ClN.C2H7N/c1-4-5-15(10-17(12-26)16-6-8-23-9-7-16)11-25-13-24-18(20(3,21)22)14(2)19(25)27;11-10-4-7(6-12)3-9(5-10)8-1-2-8;1-3-2/h5-10,12-13H,4,11H2,1-3H3;3-5,8H,1-2H2;3H,1-2H3/b15-5-,17-10+;;. The van der Waals surface area contributed by atoms with Gasteiger partial charge in [-0.3, -0.25) is 19.1 Å². The highest BCUT2D eigenvalue weighted by Gasteiger charge is 2.30. The van der Waals surface area contributed by atoms with Crippen molar-refractivity contribution < 1.29 is 13.6 Å². The zero-order valence-electron chi connectivity index (χ0n) is 24.5. The predicted molar refractivity (Wildman–Crippen MR) is 163 cm³/mol. The summed E-state index contributed by atoms with van der Waals surface area (Å²) in [7, 11) is 3.75. The van der Waals surface area contributed by atoms with E-state index < -0.39 is 17.2 Å². The highest BCUT2D eigenvalue weighted by atomic mass is 35.5. The molecule has 3 aromatic rings. The van der Waals surface area contributed by atoms with E-state index in [9.17, 15) is 18.4 Å². The molecule has 7 nitrogen and oxygen atoms in total. The largest absolute Gasteiger partial charge is 0.323 e. The first kappa shape index (κ1) is 34.2. The third kappa shape index (κ3) is 10.4. The average Bonchev–Trinajstić information content (AvgIpc) is 3.80. The third-order valence-corrected chi connectivity index (χ3v) is 6.30. The van der Waals surface area contributed by atoms with E-state index >= 15 is 0 Å². The summed E-state index contributed by atoms with van der Waals surface area (Å²) in [6.45, 7) is 4.10. The van der Waals surface area contributed by atoms with Gasteiger partial charge in [0.1, 0.15) is 5.69 Å². The third-order valence-electron chi connectivity index (χ3n) is 6.08. The molecule has 0 bridgehead atoms. The fraction of sp³-hybridized carbons (Fsp3) is 0.344. The molecule has 1 aliphatic rings. The van der Waals surface area contributed by atoms with Crippen LogP contribution in [0.4, 0.5) is 8.78 Å². The molecule has 42 heavy (non-hydrogen) atoms. The van der Waals surface area contributed by atoms with Crippen LogP contribution in [0.2, 0.25) is 5.02 Å². The topological polar surface area (TPSA) is 101 Å². The number of nitrogens with one attached hydrogen (secondary N) is 1. The van der Waals surface area contributed by atoms with Gasteiger partial charge in [0.05, 0.1) is 24.5 Å². The molecule has 4 rings (SSSR count). The summed E-state index contributed by atoms with van der Waals surface area (Å²) >= 11 is 5.85. The number of nitriles is 1. The normalized spacial score (nSPS) is 13.2. The summed E-state index contributed by atoms with van der Waals surface area (Å²) in [6.07, 6.45) is 11.7. The number of rotatable bonds is 8. The van der Waals surface area contributed by atoms with Gasteiger partial charge in [0, 0.05) is 35.5 Å². The van der Waals surface area contributed by atoms with E-state index in [0.29, 0.717) is 46.6 Å². The number of hydrogen-bond acceptors (Lipinski definition) is 6. The lowest BCUT2D eigenvalue weighted by atomic mass is 10.0. The number of carbonyl (C=O) groups excluding carboxylic acids is 1. The first-order valence-electron chi connectivity index (χ1n) is 13.5. The molecule has 1 aromatic carbocycles. The van der Waals surface area contributed by atoms with Crippen LogP contribution in [0.3, 0.4) is 0 Å². The molecule has 0 unspecified atom stereocenters. The number of alkyl halides is 2. The Morgan fingerprint density at radius 1 is 1.24 bits per heavy atom. The Morgan fingerprint density at radius 2 is 1.88 bits per heavy atom. The van der Waals surface area contributed by atoms with E-state index in [0.717, 1.165) is 12.6 Å². The van der Waals surface area contributed by atoms with Crippen LogP contribution in [-0.2, 0) is 17.3 Å². The molecule has 10 heteroatoms. The quantitative estimate of drug-likeness (QED) is 0.179. The van der Waals surface area contributed by atoms with Crippen molar-refractivity contribution in [1.82, 2.24) is 19.9 Å². The van der Waals surface area contributed by atoms with Gasteiger partial charge < -0.3 is 5.32 Å². The second-order valence-electron chi connectivity index (χ2n) is 9.84. The monoisotopic (exact) mass is 595 g/mol. The molecule has 0 aliphatic heterocycles. The molecule has 2 heterocycles. The number of aromatic nitrogens is 3. The van der Waals surface area contributed by atoms with Crippen molar-refractivity contribution in [3.05, 3.63) is 110 Å². The molecule has 1 N–H and O–H groups in total. The van der Waals surface area contributed by atoms with Crippen molar-refractivity contribution in [2.45, 2.75) is 58.4 Å². The highest BCUT2D eigenvalue weighted by molar-refractivity contribution is 6.30. The van der Waals surface area contributed by atoms with Crippen molar-refractivity contribution in [3.8, 4) is 6.07 Å². The Kier molecular flexibility index (Phi) is 13.4. The van der Waals surface area contributed by atoms with Crippen LogP contribution in [0.25, 0.3) is 5.57 Å². The first-order valence-corrected chi connectivity index (χ1v) is 13.9. The minimum atomic E-state index is -3.18. The molecular formula is C32H36ClF2N5O2. The van der Waals surface area contributed by atoms with E-state index in [1.165, 1.54) is 29.9 Å². The Morgan fingerprint density at radius 3 is 2.40 bits per heavy atom. The van der Waals surface area contributed by atoms with E-state index in [2.05, 4.69) is 21.4 Å². The fourth-order valence-electron chi connectivity index (χ4n) is 4.04. The molecule has 0 spiro atoms. The van der Waals surface area contributed by atoms with Crippen LogP contribution < -0.4 is 10.9 Å². The van der Waals surface area contributed by atoms with Gasteiger partial charge in [-0.15, -0.1) is 0 Å². The number of pyridine rings is 1. The van der Waals surface area contributed by atoms with Crippen molar-refractivity contribution >= 4 is 23.5 Å². The van der Waals surface area contributed by atoms with Crippen LogP contribution in [0.5, 0.6) is 0 Å². The lowest BCUT2D eigenvalue weighted by molar-refractivity contribution is -0.103. The SMILES string of the molecule is CC/C=C(/C=C(\C=O)c1ccncc1)Cn1cnc(C(C)(F)F)c(C)c1=O.CNC.N#Cc1cc(Cl)cc(C2CC2)c1. The molecule has 0 saturated heterocycles. The Bertz CT molecular complexity index is 1500. The van der Waals surface area contributed by atoms with Crippen molar-refractivity contribution in [2.75, 3.05) is 14.1 Å². The second kappa shape index (κ2) is 16.4. The summed E-state index contributed by atoms with van der Waals surface area (Å²) < 4.78 is 28.3. The number of allylic oxidation sites excluding steroid dienone is 4. The van der Waals surface area contributed by atoms with E-state index in [1.807, 2.05) is 39.2 Å². The zero-order valence-corrected chi connectivity index (χ0v) is 25.3. The van der Waals surface area contributed by atoms with Crippen LogP contribution >= 0.6 is 11.6 Å². The van der Waals surface area contributed by atoms with Gasteiger partial charge in [-0.25, -0.2) is 4.98 Å². The summed E-state index contributed by atoms with van der Waals surface area (Å²) in [4.78, 5) is 31.6. The lowest BCUT2D eigenvalue weighted by Gasteiger charge is -2.14. The molecule has 1 saturated carbocycles. The second-order valence-corrected chi connectivity index (χ2v) is 10.3. The molecule has 0 radical (unpaired) electrons. The summed E-state index contributed by atoms with van der Waals surface area (Å²) in [5.74, 6) is -2.52. The maximum atomic E-state index is 13.5. The van der Waals surface area contributed by atoms with Crippen LogP contribution in [-0.4, -0.2) is 34.9 Å². The average molecular weight is 596 g/mol. The van der Waals surface area contributed by atoms with Crippen molar-refractivity contribution in [1.29, 1.82) is 5.26 Å². The molecular weight excluding hydrogens is 560 g/mol. The Hall–Kier alpha value is -4.00. The first-order chi connectivity index (χ1) is 20.0. The Labute approximate surface area is 250 Å². The molecule has 0 atom stereocenters. The van der Waals surface area contributed by atoms with Crippen LogP contribution in [0.1, 0.15) is 67.0 Å². The summed E-state index contributed by atoms with van der Waals surface area (Å²) in [5, 5.41) is 12.1. The maximum Gasteiger partial charge on any atom is 0.287 e. The van der Waals surface area contributed by atoms with Gasteiger partial charge in [0.25, 0.3) is 11.5 Å². The van der Waals surface area contributed by atoms with Crippen molar-refractivity contribution in [3.63, 3.8) is 0 Å². The summed E-state index contributed by atoms with van der Waals surface area (Å²) in [5.41, 5.74) is 2.59. The number of nitrogens with zero attached hydrogens (tertiary/aromatic N) is 4. The predicted octanol–water partition coefficient (Wildman–Crippen LogP) is 6.60. The van der Waals surface area contributed by atoms with Gasteiger partial charge >= 0.3 is 0 Å². The number of halogens is 3. The number of aldehydes is 1. The minimum Gasteiger partial charge on any atom is -0.323 e. The molecule has 1 aliphatic carbocycles. The molecule has 2 aromatic heterocycles. The van der Waals surface area contributed by atoms with E-state index in [1.54, 1.807) is 36.7 Å². The van der Waals surface area contributed by atoms with E-state index in [4.69, 9.17) is 16.9 Å². The maximum absolute atomic E-state index is 13.5. The number of carbonyl (C=O) groups is 1. The van der Waals surface area contributed by atoms with Crippen LogP contribution in [0.15, 0.2) is 71.6 Å². The lowest BCUT2D eigenvalue weighted by Crippen LogP contribution is -2.28. The zero-order chi connectivity index (χ0) is 31.3. The van der Waals surface area contributed by atoms with Gasteiger partial charge in [-0.1, -0.05) is 24.6 Å². The van der Waals surface area contributed by atoms with Gasteiger partial charge in [0.15, 0.2) is 6.29 Å². The van der Waals surface area contributed by atoms with Crippen molar-refractivity contribution in [2.24, 2.45) is 0 Å². The fourth-order valence-corrected chi connectivity index (χ4v) is 4.28. The number of benzene rings is 1. The molecule has 0 amide bonds. The molecule has 222 valence electrons. The van der Waals surface area contributed by atoms with E-state index in [-0.39, 0.29) is 12.1 Å². The minimum absolute atomic E-state index is 0.0884. The van der Waals surface area contributed by atoms with Gasteiger partial charge in [0.2, 0.25) is 0 Å². The smallest absolute Gasteiger partial charge is 0.287 e.